The molecule has 1 fully saturated rings. The summed E-state index contributed by atoms with van der Waals surface area (Å²) in [5, 5.41) is 0. The largest absolute Gasteiger partial charge is 0.296 e. The number of halogens is 2. The summed E-state index contributed by atoms with van der Waals surface area (Å²) in [6.45, 7) is 0.345. The molecule has 18 heavy (non-hydrogen) atoms. The lowest BCUT2D eigenvalue weighted by Gasteiger charge is -2.15. The van der Waals surface area contributed by atoms with Gasteiger partial charge in [0.05, 0.1) is 5.75 Å². The second kappa shape index (κ2) is 5.30. The Hall–Kier alpha value is -0.410. The Kier molecular flexibility index (Phi) is 4.12. The van der Waals surface area contributed by atoms with E-state index in [0.717, 1.165) is 3.57 Å². The van der Waals surface area contributed by atoms with Crippen LogP contribution in [0.4, 0.5) is 5.82 Å². The van der Waals surface area contributed by atoms with E-state index >= 15 is 0 Å². The molecule has 2 rings (SSSR count). The van der Waals surface area contributed by atoms with Gasteiger partial charge in [-0.05, 0) is 34.7 Å². The van der Waals surface area contributed by atoms with Crippen molar-refractivity contribution >= 4 is 54.0 Å². The van der Waals surface area contributed by atoms with Gasteiger partial charge in [0.2, 0.25) is 15.0 Å². The molecular formula is C10H10ClIN2O3S. The molecule has 1 aliphatic heterocycles. The summed E-state index contributed by atoms with van der Waals surface area (Å²) in [4.78, 5) is 17.5. The molecule has 1 unspecified atom stereocenters. The Morgan fingerprint density at radius 2 is 2.28 bits per heavy atom. The van der Waals surface area contributed by atoms with Crippen LogP contribution in [0, 0.1) is 9.49 Å². The van der Waals surface area contributed by atoms with Gasteiger partial charge >= 0.3 is 0 Å². The third-order valence-electron chi connectivity index (χ3n) is 2.62. The quantitative estimate of drug-likeness (QED) is 0.571. The van der Waals surface area contributed by atoms with Gasteiger partial charge in [0.1, 0.15) is 5.82 Å². The Bertz CT molecular complexity index is 578. The summed E-state index contributed by atoms with van der Waals surface area (Å²) in [6.07, 6.45) is 1.81. The highest BCUT2D eigenvalue weighted by Gasteiger charge is 2.33. The minimum absolute atomic E-state index is 0.116. The Balaban J connectivity index is 2.15. The van der Waals surface area contributed by atoms with Crippen molar-refractivity contribution in [2.45, 2.75) is 6.42 Å². The molecule has 0 aliphatic carbocycles. The molecule has 1 atom stereocenters. The maximum atomic E-state index is 11.8. The predicted octanol–water partition coefficient (Wildman–Crippen LogP) is 1.61. The second-order valence-corrected chi connectivity index (χ2v) is 8.18. The molecule has 0 bridgehead atoms. The van der Waals surface area contributed by atoms with Crippen LogP contribution in [0.5, 0.6) is 0 Å². The number of amides is 1. The van der Waals surface area contributed by atoms with Crippen molar-refractivity contribution in [1.82, 2.24) is 4.98 Å². The van der Waals surface area contributed by atoms with Crippen molar-refractivity contribution in [2.75, 3.05) is 17.2 Å². The van der Waals surface area contributed by atoms with Gasteiger partial charge in [0, 0.05) is 39.3 Å². The van der Waals surface area contributed by atoms with Crippen molar-refractivity contribution in [3.05, 3.63) is 21.9 Å². The first-order chi connectivity index (χ1) is 8.35. The van der Waals surface area contributed by atoms with Crippen LogP contribution in [0.2, 0.25) is 0 Å². The van der Waals surface area contributed by atoms with E-state index in [1.165, 1.54) is 4.90 Å². The maximum absolute atomic E-state index is 11.8. The first-order valence-corrected chi connectivity index (χ1v) is 8.75. The number of carbonyl (C=O) groups excluding carboxylic acids is 1. The number of hydrogen-bond acceptors (Lipinski definition) is 4. The SMILES string of the molecule is O=C1CC(CS(=O)(=O)Cl)CN1c1cc(I)ccn1. The number of carbonyl (C=O) groups is 1. The van der Waals surface area contributed by atoms with Crippen molar-refractivity contribution in [3.63, 3.8) is 0 Å². The topological polar surface area (TPSA) is 67.3 Å². The van der Waals surface area contributed by atoms with E-state index in [0.29, 0.717) is 12.4 Å². The van der Waals surface area contributed by atoms with Gasteiger partial charge in [-0.3, -0.25) is 9.69 Å². The van der Waals surface area contributed by atoms with Gasteiger partial charge in [0.15, 0.2) is 0 Å². The molecular weight excluding hydrogens is 391 g/mol. The van der Waals surface area contributed by atoms with Crippen LogP contribution >= 0.6 is 33.3 Å². The van der Waals surface area contributed by atoms with Crippen LogP contribution in [0.25, 0.3) is 0 Å². The summed E-state index contributed by atoms with van der Waals surface area (Å²) in [6, 6.07) is 3.61. The van der Waals surface area contributed by atoms with Crippen LogP contribution in [-0.4, -0.2) is 31.6 Å². The number of nitrogens with zero attached hydrogens (tertiary/aromatic N) is 2. The van der Waals surface area contributed by atoms with Crippen LogP contribution in [0.15, 0.2) is 18.3 Å². The zero-order chi connectivity index (χ0) is 13.3. The van der Waals surface area contributed by atoms with Crippen molar-refractivity contribution in [1.29, 1.82) is 0 Å². The summed E-state index contributed by atoms with van der Waals surface area (Å²) < 4.78 is 23.0. The molecule has 0 saturated carbocycles. The standard InChI is InChI=1S/C10H10ClIN2O3S/c11-18(16,17)6-7-3-10(15)14(5-7)9-4-8(12)1-2-13-9/h1-2,4,7H,3,5-6H2. The lowest BCUT2D eigenvalue weighted by atomic mass is 10.1. The highest BCUT2D eigenvalue weighted by atomic mass is 127. The summed E-state index contributed by atoms with van der Waals surface area (Å²) >= 11 is 2.13. The second-order valence-electron chi connectivity index (χ2n) is 4.11. The Labute approximate surface area is 123 Å². The van der Waals surface area contributed by atoms with Crippen molar-refractivity contribution < 1.29 is 13.2 Å². The van der Waals surface area contributed by atoms with Crippen LogP contribution in [0.3, 0.4) is 0 Å². The molecule has 0 N–H and O–H groups in total. The lowest BCUT2D eigenvalue weighted by molar-refractivity contribution is -0.117. The molecule has 1 saturated heterocycles. The van der Waals surface area contributed by atoms with Crippen LogP contribution in [-0.2, 0) is 13.8 Å². The fourth-order valence-electron chi connectivity index (χ4n) is 1.94. The van der Waals surface area contributed by atoms with Crippen LogP contribution < -0.4 is 4.90 Å². The summed E-state index contributed by atoms with van der Waals surface area (Å²) in [5.41, 5.74) is 0. The maximum Gasteiger partial charge on any atom is 0.232 e. The smallest absolute Gasteiger partial charge is 0.232 e. The van der Waals surface area contributed by atoms with Crippen molar-refractivity contribution in [2.24, 2.45) is 5.92 Å². The molecule has 1 amide bonds. The molecule has 1 aliphatic rings. The van der Waals surface area contributed by atoms with E-state index in [1.807, 2.05) is 6.07 Å². The van der Waals surface area contributed by atoms with Gasteiger partial charge in [-0.2, -0.15) is 0 Å². The number of pyridine rings is 1. The fourth-order valence-corrected chi connectivity index (χ4v) is 3.70. The predicted molar refractivity (Wildman–Crippen MR) is 77.1 cm³/mol. The summed E-state index contributed by atoms with van der Waals surface area (Å²) in [5.74, 6) is -0.00312. The number of aromatic nitrogens is 1. The Morgan fingerprint density at radius 3 is 2.89 bits per heavy atom. The van der Waals surface area contributed by atoms with E-state index in [9.17, 15) is 13.2 Å². The van der Waals surface area contributed by atoms with Gasteiger partial charge in [-0.25, -0.2) is 13.4 Å². The van der Waals surface area contributed by atoms with Crippen molar-refractivity contribution in [3.8, 4) is 0 Å². The average molecular weight is 401 g/mol. The molecule has 1 aromatic heterocycles. The molecule has 98 valence electrons. The number of hydrogen-bond donors (Lipinski definition) is 0. The molecule has 8 heteroatoms. The third-order valence-corrected chi connectivity index (χ3v) is 4.54. The van der Waals surface area contributed by atoms with Gasteiger partial charge in [0.25, 0.3) is 0 Å². The van der Waals surface area contributed by atoms with Gasteiger partial charge in [-0.15, -0.1) is 0 Å². The molecule has 0 aromatic carbocycles. The monoisotopic (exact) mass is 400 g/mol. The summed E-state index contributed by atoms with van der Waals surface area (Å²) in [7, 11) is 1.63. The minimum Gasteiger partial charge on any atom is -0.296 e. The van der Waals surface area contributed by atoms with E-state index < -0.39 is 9.05 Å². The number of anilines is 1. The van der Waals surface area contributed by atoms with Crippen LogP contribution in [0.1, 0.15) is 6.42 Å². The molecule has 5 nitrogen and oxygen atoms in total. The lowest BCUT2D eigenvalue weighted by Crippen LogP contribution is -2.26. The fraction of sp³-hybridized carbons (Fsp3) is 0.400. The van der Waals surface area contributed by atoms with E-state index in [4.69, 9.17) is 10.7 Å². The zero-order valence-corrected chi connectivity index (χ0v) is 12.9. The van der Waals surface area contributed by atoms with Gasteiger partial charge in [-0.1, -0.05) is 0 Å². The Morgan fingerprint density at radius 1 is 1.56 bits per heavy atom. The zero-order valence-electron chi connectivity index (χ0n) is 9.21. The first kappa shape index (κ1) is 14.0. The molecule has 0 spiro atoms. The van der Waals surface area contributed by atoms with E-state index in [-0.39, 0.29) is 24.0 Å². The highest BCUT2D eigenvalue weighted by Crippen LogP contribution is 2.25. The van der Waals surface area contributed by atoms with Gasteiger partial charge < -0.3 is 0 Å². The highest BCUT2D eigenvalue weighted by molar-refractivity contribution is 14.1. The first-order valence-electron chi connectivity index (χ1n) is 5.19. The van der Waals surface area contributed by atoms with E-state index in [2.05, 4.69) is 27.6 Å². The average Bonchev–Trinajstić information content (AvgIpc) is 2.56. The molecule has 1 aromatic rings. The minimum atomic E-state index is -3.57. The van der Waals surface area contributed by atoms with E-state index in [1.54, 1.807) is 12.3 Å². The molecule has 0 radical (unpaired) electrons. The normalized spacial score (nSPS) is 20.4. The number of rotatable bonds is 3. The molecule has 2 heterocycles. The third kappa shape index (κ3) is 3.55.